The van der Waals surface area contributed by atoms with Crippen LogP contribution in [0.3, 0.4) is 0 Å². The first-order chi connectivity index (χ1) is 18.5. The predicted octanol–water partition coefficient (Wildman–Crippen LogP) is 0.744. The minimum atomic E-state index is -4.60. The number of amides is 2. The maximum atomic E-state index is 13.1. The second-order valence-corrected chi connectivity index (χ2v) is 12.3. The van der Waals surface area contributed by atoms with Crippen LogP contribution >= 0.6 is 11.3 Å². The normalized spacial score (nSPS) is 18.1. The molecular formula is C23H35N5O10S2. The largest absolute Gasteiger partial charge is 0.465 e. The summed E-state index contributed by atoms with van der Waals surface area (Å²) in [6, 6.07) is -2.32. The van der Waals surface area contributed by atoms with E-state index in [-0.39, 0.29) is 24.0 Å². The van der Waals surface area contributed by atoms with Gasteiger partial charge in [0.1, 0.15) is 11.7 Å². The molecule has 3 N–H and O–H groups in total. The summed E-state index contributed by atoms with van der Waals surface area (Å²) in [5.74, 6) is -3.30. The number of carbonyl (C=O) groups is 4. The van der Waals surface area contributed by atoms with Gasteiger partial charge in [-0.05, 0) is 48.0 Å². The van der Waals surface area contributed by atoms with Crippen LogP contribution < -0.4 is 11.1 Å². The van der Waals surface area contributed by atoms with Gasteiger partial charge in [0.2, 0.25) is 5.60 Å². The first-order valence-corrected chi connectivity index (χ1v) is 14.6. The van der Waals surface area contributed by atoms with E-state index in [1.54, 1.807) is 6.92 Å². The second-order valence-electron chi connectivity index (χ2n) is 9.90. The highest BCUT2D eigenvalue weighted by Crippen LogP contribution is 2.27. The highest BCUT2D eigenvalue weighted by molar-refractivity contribution is 7.85. The average molecular weight is 606 g/mol. The van der Waals surface area contributed by atoms with Gasteiger partial charge >= 0.3 is 22.2 Å². The lowest BCUT2D eigenvalue weighted by Gasteiger charge is -2.43. The fraction of sp³-hybridized carbons (Fsp3) is 0.652. The highest BCUT2D eigenvalue weighted by atomic mass is 32.2. The van der Waals surface area contributed by atoms with E-state index < -0.39 is 69.5 Å². The summed E-state index contributed by atoms with van der Waals surface area (Å²) in [7, 11) is -4.60. The van der Waals surface area contributed by atoms with Crippen LogP contribution in [0, 0.1) is 5.41 Å². The van der Waals surface area contributed by atoms with Crippen molar-refractivity contribution >= 4 is 56.2 Å². The summed E-state index contributed by atoms with van der Waals surface area (Å²) in [5, 5.41) is 7.72. The lowest BCUT2D eigenvalue weighted by atomic mass is 9.95. The maximum absolute atomic E-state index is 13.1. The Labute approximate surface area is 236 Å². The summed E-state index contributed by atoms with van der Waals surface area (Å²) in [6.45, 7) is 10.2. The first-order valence-electron chi connectivity index (χ1n) is 12.3. The number of carbonyl (C=O) groups excluding carboxylic acids is 4. The van der Waals surface area contributed by atoms with Crippen molar-refractivity contribution in [1.82, 2.24) is 14.6 Å². The Morgan fingerprint density at radius 1 is 1.18 bits per heavy atom. The molecule has 1 fully saturated rings. The number of thiazole rings is 1. The third-order valence-electron chi connectivity index (χ3n) is 5.53. The van der Waals surface area contributed by atoms with Crippen LogP contribution in [0.1, 0.15) is 60.6 Å². The highest BCUT2D eigenvalue weighted by Gasteiger charge is 2.53. The van der Waals surface area contributed by atoms with Crippen molar-refractivity contribution in [2.45, 2.75) is 72.6 Å². The van der Waals surface area contributed by atoms with Gasteiger partial charge in [0.05, 0.1) is 31.3 Å². The predicted molar refractivity (Wildman–Crippen MR) is 143 cm³/mol. The van der Waals surface area contributed by atoms with Crippen molar-refractivity contribution in [1.29, 1.82) is 0 Å². The third kappa shape index (κ3) is 7.66. The lowest BCUT2D eigenvalue weighted by Crippen LogP contribution is -2.71. The molecule has 0 spiro atoms. The van der Waals surface area contributed by atoms with E-state index in [4.69, 9.17) is 24.2 Å². The molecular weight excluding hydrogens is 570 g/mol. The Hall–Kier alpha value is -3.31. The van der Waals surface area contributed by atoms with Crippen LogP contribution in [0.4, 0.5) is 5.13 Å². The molecule has 2 atom stereocenters. The molecule has 0 bridgehead atoms. The van der Waals surface area contributed by atoms with Crippen molar-refractivity contribution in [3.8, 4) is 0 Å². The fourth-order valence-corrected chi connectivity index (χ4v) is 5.10. The summed E-state index contributed by atoms with van der Waals surface area (Å²) in [4.78, 5) is 59.5. The van der Waals surface area contributed by atoms with E-state index in [2.05, 4.69) is 15.5 Å². The fourth-order valence-electron chi connectivity index (χ4n) is 3.13. The molecule has 1 aliphatic rings. The molecule has 1 aromatic rings. The van der Waals surface area contributed by atoms with Gasteiger partial charge in [0.15, 0.2) is 10.8 Å². The molecule has 15 nitrogen and oxygen atoms in total. The molecule has 2 rings (SSSR count). The van der Waals surface area contributed by atoms with Crippen molar-refractivity contribution in [3.63, 3.8) is 0 Å². The molecule has 2 heterocycles. The van der Waals surface area contributed by atoms with Crippen LogP contribution in [0.25, 0.3) is 0 Å². The molecule has 0 unspecified atom stereocenters. The van der Waals surface area contributed by atoms with E-state index in [0.717, 1.165) is 11.3 Å². The molecule has 224 valence electrons. The van der Waals surface area contributed by atoms with Crippen LogP contribution in [0.2, 0.25) is 0 Å². The van der Waals surface area contributed by atoms with Crippen molar-refractivity contribution in [2.24, 2.45) is 10.6 Å². The van der Waals surface area contributed by atoms with Crippen LogP contribution in [-0.4, -0.2) is 84.7 Å². The SMILES string of the molecule is CCCOC(=O)C(C)(C)COS(=O)(=O)N1C(=O)[C@@H](NC(=O)/C(=N/OC(C)(C)C(=O)OCC)c2csc(N)n2)[C@@H]1C. The minimum Gasteiger partial charge on any atom is -0.465 e. The number of nitrogens with one attached hydrogen (secondary N) is 1. The molecule has 1 saturated heterocycles. The topological polar surface area (TPSA) is 206 Å². The number of rotatable bonds is 14. The quantitative estimate of drug-likeness (QED) is 0.130. The zero-order chi connectivity index (χ0) is 30.5. The third-order valence-corrected chi connectivity index (χ3v) is 7.62. The summed E-state index contributed by atoms with van der Waals surface area (Å²) in [5.41, 5.74) is 2.40. The molecule has 0 saturated carbocycles. The van der Waals surface area contributed by atoms with Gasteiger partial charge in [0, 0.05) is 5.38 Å². The van der Waals surface area contributed by atoms with E-state index in [0.29, 0.717) is 10.7 Å². The summed E-state index contributed by atoms with van der Waals surface area (Å²) < 4.78 is 40.9. The van der Waals surface area contributed by atoms with E-state index in [1.807, 2.05) is 6.92 Å². The summed E-state index contributed by atoms with van der Waals surface area (Å²) >= 11 is 1.01. The average Bonchev–Trinajstić information content (AvgIpc) is 3.30. The minimum absolute atomic E-state index is 0.00378. The Morgan fingerprint density at radius 3 is 2.35 bits per heavy atom. The number of hydrogen-bond acceptors (Lipinski definition) is 14. The molecule has 1 aliphatic heterocycles. The number of hydrogen-bond donors (Lipinski definition) is 2. The van der Waals surface area contributed by atoms with E-state index in [9.17, 15) is 27.6 Å². The molecule has 0 aromatic carbocycles. The smallest absolute Gasteiger partial charge is 0.365 e. The standard InChI is InChI=1S/C23H35N5O10S2/c1-8-10-36-19(31)22(4,5)12-37-40(33,34)28-13(3)15(18(28)30)26-17(29)16(14-11-39-21(24)25-14)27-38-23(6,7)20(32)35-9-2/h11,13,15H,8-10,12H2,1-7H3,(H2,24,25)(H,26,29)/b27-16+/t13-,15-/m0/s1. The second kappa shape index (κ2) is 12.9. The molecule has 0 radical (unpaired) electrons. The number of nitrogen functional groups attached to an aromatic ring is 1. The number of oxime groups is 1. The van der Waals surface area contributed by atoms with Crippen LogP contribution in [0.15, 0.2) is 10.5 Å². The molecule has 0 aliphatic carbocycles. The maximum Gasteiger partial charge on any atom is 0.365 e. The van der Waals surface area contributed by atoms with Gasteiger partial charge < -0.3 is 25.4 Å². The van der Waals surface area contributed by atoms with Gasteiger partial charge in [-0.15, -0.1) is 11.3 Å². The molecule has 17 heteroatoms. The van der Waals surface area contributed by atoms with Crippen molar-refractivity contribution < 1.29 is 46.1 Å². The Kier molecular flexibility index (Phi) is 10.6. The number of esters is 2. The molecule has 2 amide bonds. The van der Waals surface area contributed by atoms with Crippen LogP contribution in [0.5, 0.6) is 0 Å². The Morgan fingerprint density at radius 2 is 1.82 bits per heavy atom. The Bertz CT molecular complexity index is 1260. The van der Waals surface area contributed by atoms with Gasteiger partial charge in [-0.2, -0.15) is 8.42 Å². The van der Waals surface area contributed by atoms with Gasteiger partial charge in [-0.25, -0.2) is 14.1 Å². The molecule has 40 heavy (non-hydrogen) atoms. The number of β-lactam (4-membered cyclic amide) rings is 1. The van der Waals surface area contributed by atoms with Gasteiger partial charge in [-0.3, -0.25) is 18.6 Å². The number of ether oxygens (including phenoxy) is 2. The van der Waals surface area contributed by atoms with Crippen molar-refractivity contribution in [2.75, 3.05) is 25.6 Å². The van der Waals surface area contributed by atoms with Crippen molar-refractivity contribution in [3.05, 3.63) is 11.1 Å². The monoisotopic (exact) mass is 605 g/mol. The number of anilines is 1. The van der Waals surface area contributed by atoms with E-state index in [1.165, 1.54) is 40.0 Å². The lowest BCUT2D eigenvalue weighted by molar-refractivity contribution is -0.167. The Balaban J connectivity index is 2.15. The summed E-state index contributed by atoms with van der Waals surface area (Å²) in [6.07, 6.45) is 0.589. The first kappa shape index (κ1) is 32.9. The number of nitrogens with zero attached hydrogens (tertiary/aromatic N) is 3. The number of nitrogens with two attached hydrogens (primary N) is 1. The van der Waals surface area contributed by atoms with Gasteiger partial charge in [0.25, 0.3) is 11.8 Å². The van der Waals surface area contributed by atoms with E-state index >= 15 is 0 Å². The molecule has 1 aromatic heterocycles. The number of aromatic nitrogens is 1. The van der Waals surface area contributed by atoms with Gasteiger partial charge in [-0.1, -0.05) is 12.1 Å². The van der Waals surface area contributed by atoms with Crippen LogP contribution in [-0.2, 0) is 48.0 Å². The zero-order valence-corrected chi connectivity index (χ0v) is 25.0. The zero-order valence-electron chi connectivity index (χ0n) is 23.4.